The molecule has 23 heavy (non-hydrogen) atoms. The summed E-state index contributed by atoms with van der Waals surface area (Å²) < 4.78 is 10.8. The molecule has 1 fully saturated rings. The number of hydrogen-bond donors (Lipinski definition) is 2. The van der Waals surface area contributed by atoms with Crippen molar-refractivity contribution in [1.29, 1.82) is 0 Å². The van der Waals surface area contributed by atoms with Crippen LogP contribution in [-0.4, -0.2) is 34.1 Å². The average Bonchev–Trinajstić information content (AvgIpc) is 3.25. The molecule has 0 atom stereocenters. The Morgan fingerprint density at radius 2 is 2.17 bits per heavy atom. The number of carbonyl (C=O) groups is 1. The maximum Gasteiger partial charge on any atom is 0.277 e. The number of amides is 1. The van der Waals surface area contributed by atoms with Crippen LogP contribution in [0.15, 0.2) is 35.2 Å². The molecule has 0 radical (unpaired) electrons. The summed E-state index contributed by atoms with van der Waals surface area (Å²) in [4.78, 5) is 23.9. The second-order valence-corrected chi connectivity index (χ2v) is 5.52. The van der Waals surface area contributed by atoms with Gasteiger partial charge in [-0.2, -0.15) is 0 Å². The first-order valence-electron chi connectivity index (χ1n) is 7.58. The van der Waals surface area contributed by atoms with Crippen molar-refractivity contribution < 1.29 is 13.9 Å². The summed E-state index contributed by atoms with van der Waals surface area (Å²) in [7, 11) is 0. The largest absolute Gasteiger partial charge is 0.448 e. The molecule has 3 heterocycles. The number of fused-ring (bicyclic) bond motifs is 1. The van der Waals surface area contributed by atoms with Crippen LogP contribution in [0.3, 0.4) is 0 Å². The van der Waals surface area contributed by atoms with Gasteiger partial charge in [-0.1, -0.05) is 6.07 Å². The first-order chi connectivity index (χ1) is 11.3. The maximum atomic E-state index is 12.4. The van der Waals surface area contributed by atoms with Gasteiger partial charge in [0.2, 0.25) is 0 Å². The summed E-state index contributed by atoms with van der Waals surface area (Å²) in [6.07, 6.45) is 4.74. The predicted molar refractivity (Wildman–Crippen MR) is 83.3 cm³/mol. The van der Waals surface area contributed by atoms with Gasteiger partial charge in [0, 0.05) is 19.1 Å². The quantitative estimate of drug-likeness (QED) is 0.775. The molecule has 2 N–H and O–H groups in total. The van der Waals surface area contributed by atoms with Gasteiger partial charge in [-0.25, -0.2) is 9.97 Å². The molecule has 1 aliphatic heterocycles. The van der Waals surface area contributed by atoms with Crippen molar-refractivity contribution in [3.8, 4) is 0 Å². The Morgan fingerprint density at radius 3 is 3.04 bits per heavy atom. The van der Waals surface area contributed by atoms with E-state index < -0.39 is 0 Å². The molecular formula is C16H16N4O3. The highest BCUT2D eigenvalue weighted by Gasteiger charge is 2.22. The van der Waals surface area contributed by atoms with Crippen molar-refractivity contribution in [3.05, 3.63) is 42.4 Å². The fourth-order valence-corrected chi connectivity index (χ4v) is 2.78. The fraction of sp³-hybridized carbons (Fsp3) is 0.312. The third kappa shape index (κ3) is 2.70. The molecule has 0 spiro atoms. The number of nitrogens with zero attached hydrogens (tertiary/aromatic N) is 2. The maximum absolute atomic E-state index is 12.4. The van der Waals surface area contributed by atoms with Gasteiger partial charge in [-0.3, -0.25) is 4.79 Å². The number of aromatic nitrogens is 3. The summed E-state index contributed by atoms with van der Waals surface area (Å²) in [5.74, 6) is 0.527. The Kier molecular flexibility index (Phi) is 3.55. The number of H-pyrrole nitrogens is 1. The minimum Gasteiger partial charge on any atom is -0.448 e. The zero-order chi connectivity index (χ0) is 15.6. The number of nitrogens with one attached hydrogen (secondary N) is 2. The van der Waals surface area contributed by atoms with Crippen LogP contribution < -0.4 is 5.32 Å². The first kappa shape index (κ1) is 14.0. The summed E-state index contributed by atoms with van der Waals surface area (Å²) in [5.41, 5.74) is 2.50. The highest BCUT2D eigenvalue weighted by Crippen LogP contribution is 2.26. The van der Waals surface area contributed by atoms with E-state index >= 15 is 0 Å². The van der Waals surface area contributed by atoms with E-state index in [-0.39, 0.29) is 17.5 Å². The SMILES string of the molecule is O=C(Nc1cccc2[nH]cnc12)c1coc(C2CCOCC2)n1. The van der Waals surface area contributed by atoms with Gasteiger partial charge in [-0.15, -0.1) is 0 Å². The van der Waals surface area contributed by atoms with E-state index in [1.807, 2.05) is 12.1 Å². The number of carbonyl (C=O) groups excluding carboxylic acids is 1. The minimum atomic E-state index is -0.303. The number of benzene rings is 1. The molecule has 2 aromatic heterocycles. The van der Waals surface area contributed by atoms with Crippen molar-refractivity contribution in [2.45, 2.75) is 18.8 Å². The van der Waals surface area contributed by atoms with E-state index in [4.69, 9.17) is 9.15 Å². The van der Waals surface area contributed by atoms with E-state index in [2.05, 4.69) is 20.3 Å². The van der Waals surface area contributed by atoms with Crippen LogP contribution in [0.5, 0.6) is 0 Å². The van der Waals surface area contributed by atoms with E-state index in [9.17, 15) is 4.79 Å². The minimum absolute atomic E-state index is 0.222. The van der Waals surface area contributed by atoms with Gasteiger partial charge in [0.15, 0.2) is 11.6 Å². The Labute approximate surface area is 132 Å². The third-order valence-electron chi connectivity index (χ3n) is 4.02. The van der Waals surface area contributed by atoms with Gasteiger partial charge in [0.1, 0.15) is 11.8 Å². The molecule has 0 unspecified atom stereocenters. The van der Waals surface area contributed by atoms with E-state index in [0.717, 1.165) is 18.4 Å². The number of anilines is 1. The standard InChI is InChI=1S/C16H16N4O3/c21-15(19-12-3-1-2-11-14(12)18-9-17-11)13-8-23-16(20-13)10-4-6-22-7-5-10/h1-3,8-10H,4-7H2,(H,17,18)(H,19,21). The molecular weight excluding hydrogens is 296 g/mol. The van der Waals surface area contributed by atoms with Crippen LogP contribution in [-0.2, 0) is 4.74 Å². The molecule has 0 saturated carbocycles. The van der Waals surface area contributed by atoms with E-state index in [1.54, 1.807) is 12.4 Å². The highest BCUT2D eigenvalue weighted by molar-refractivity contribution is 6.06. The topological polar surface area (TPSA) is 93.0 Å². The summed E-state index contributed by atoms with van der Waals surface area (Å²) in [6, 6.07) is 5.56. The Morgan fingerprint density at radius 1 is 1.30 bits per heavy atom. The number of hydrogen-bond acceptors (Lipinski definition) is 5. The Hall–Kier alpha value is -2.67. The van der Waals surface area contributed by atoms with Crippen LogP contribution in [0.4, 0.5) is 5.69 Å². The summed E-state index contributed by atoms with van der Waals surface area (Å²) >= 11 is 0. The average molecular weight is 312 g/mol. The Bertz CT molecular complexity index is 833. The van der Waals surface area contributed by atoms with Gasteiger partial charge in [0.05, 0.1) is 17.5 Å². The van der Waals surface area contributed by atoms with Crippen molar-refractivity contribution in [3.63, 3.8) is 0 Å². The number of aromatic amines is 1. The number of imidazole rings is 1. The van der Waals surface area contributed by atoms with Crippen molar-refractivity contribution >= 4 is 22.6 Å². The number of para-hydroxylation sites is 1. The van der Waals surface area contributed by atoms with E-state index in [1.165, 1.54) is 6.26 Å². The lowest BCUT2D eigenvalue weighted by Gasteiger charge is -2.18. The molecule has 0 aliphatic carbocycles. The lowest BCUT2D eigenvalue weighted by atomic mass is 10.0. The molecule has 1 aromatic carbocycles. The molecule has 118 valence electrons. The number of ether oxygens (including phenoxy) is 1. The van der Waals surface area contributed by atoms with Crippen LogP contribution >= 0.6 is 0 Å². The normalized spacial score (nSPS) is 15.8. The van der Waals surface area contributed by atoms with Gasteiger partial charge >= 0.3 is 0 Å². The lowest BCUT2D eigenvalue weighted by molar-refractivity contribution is 0.0794. The summed E-state index contributed by atoms with van der Waals surface area (Å²) in [5, 5.41) is 2.83. The van der Waals surface area contributed by atoms with Gasteiger partial charge in [0.25, 0.3) is 5.91 Å². The number of rotatable bonds is 3. The number of oxazole rings is 1. The molecule has 7 nitrogen and oxygen atoms in total. The monoisotopic (exact) mass is 312 g/mol. The molecule has 1 saturated heterocycles. The molecule has 1 amide bonds. The van der Waals surface area contributed by atoms with Crippen molar-refractivity contribution in [1.82, 2.24) is 15.0 Å². The van der Waals surface area contributed by atoms with Crippen LogP contribution in [0, 0.1) is 0 Å². The zero-order valence-corrected chi connectivity index (χ0v) is 12.4. The third-order valence-corrected chi connectivity index (χ3v) is 4.02. The van der Waals surface area contributed by atoms with Crippen LogP contribution in [0.1, 0.15) is 35.1 Å². The van der Waals surface area contributed by atoms with E-state index in [0.29, 0.717) is 30.3 Å². The highest BCUT2D eigenvalue weighted by atomic mass is 16.5. The van der Waals surface area contributed by atoms with Crippen molar-refractivity contribution in [2.24, 2.45) is 0 Å². The molecule has 1 aliphatic rings. The molecule has 4 rings (SSSR count). The summed E-state index contributed by atoms with van der Waals surface area (Å²) in [6.45, 7) is 1.41. The van der Waals surface area contributed by atoms with Crippen molar-refractivity contribution in [2.75, 3.05) is 18.5 Å². The molecule has 3 aromatic rings. The first-order valence-corrected chi connectivity index (χ1v) is 7.58. The Balaban J connectivity index is 1.53. The second kappa shape index (κ2) is 5.85. The molecule has 7 heteroatoms. The van der Waals surface area contributed by atoms with Gasteiger partial charge in [-0.05, 0) is 25.0 Å². The van der Waals surface area contributed by atoms with Crippen LogP contribution in [0.2, 0.25) is 0 Å². The second-order valence-electron chi connectivity index (χ2n) is 5.52. The fourth-order valence-electron chi connectivity index (χ4n) is 2.78. The predicted octanol–water partition coefficient (Wildman–Crippen LogP) is 2.70. The lowest BCUT2D eigenvalue weighted by Crippen LogP contribution is -2.16. The molecule has 0 bridgehead atoms. The zero-order valence-electron chi connectivity index (χ0n) is 12.4. The van der Waals surface area contributed by atoms with Crippen LogP contribution in [0.25, 0.3) is 11.0 Å². The smallest absolute Gasteiger partial charge is 0.277 e. The van der Waals surface area contributed by atoms with Gasteiger partial charge < -0.3 is 19.5 Å².